The third-order valence-electron chi connectivity index (χ3n) is 2.70. The van der Waals surface area contributed by atoms with Gasteiger partial charge in [0.05, 0.1) is 21.8 Å². The summed E-state index contributed by atoms with van der Waals surface area (Å²) in [6, 6.07) is 11.0. The largest absolute Gasteiger partial charge is 0.460 e. The van der Waals surface area contributed by atoms with Crippen molar-refractivity contribution in [2.45, 2.75) is 0 Å². The Bertz CT molecular complexity index is 728. The first kappa shape index (κ1) is 11.2. The van der Waals surface area contributed by atoms with E-state index in [2.05, 4.69) is 20.9 Å². The minimum Gasteiger partial charge on any atom is -0.460 e. The Labute approximate surface area is 112 Å². The van der Waals surface area contributed by atoms with Gasteiger partial charge in [-0.3, -0.25) is 9.78 Å². The Morgan fingerprint density at radius 3 is 2.78 bits per heavy atom. The van der Waals surface area contributed by atoms with Gasteiger partial charge in [0.25, 0.3) is 0 Å². The third kappa shape index (κ3) is 1.75. The number of aromatic nitrogens is 1. The number of benzene rings is 1. The molecule has 1 aromatic carbocycles. The van der Waals surface area contributed by atoms with Crippen LogP contribution in [0.15, 0.2) is 57.7 Å². The Balaban J connectivity index is 2.21. The van der Waals surface area contributed by atoms with Gasteiger partial charge in [-0.2, -0.15) is 0 Å². The molecule has 0 saturated heterocycles. The standard InChI is InChI=1S/C14H8BrNO2/c15-11-6-8-18-14(11)13(17)10-5-1-3-9-4-2-7-16-12(9)10/h1-8H. The summed E-state index contributed by atoms with van der Waals surface area (Å²) in [5, 5.41) is 0.936. The summed E-state index contributed by atoms with van der Waals surface area (Å²) in [6.07, 6.45) is 3.16. The van der Waals surface area contributed by atoms with E-state index in [0.717, 1.165) is 5.39 Å². The zero-order chi connectivity index (χ0) is 12.5. The van der Waals surface area contributed by atoms with Gasteiger partial charge in [-0.15, -0.1) is 0 Å². The smallest absolute Gasteiger partial charge is 0.231 e. The van der Waals surface area contributed by atoms with Gasteiger partial charge in [0.2, 0.25) is 5.78 Å². The lowest BCUT2D eigenvalue weighted by Crippen LogP contribution is -2.02. The normalized spacial score (nSPS) is 10.7. The fourth-order valence-corrected chi connectivity index (χ4v) is 2.25. The van der Waals surface area contributed by atoms with Crippen molar-refractivity contribution in [2.75, 3.05) is 0 Å². The number of furan rings is 1. The maximum atomic E-state index is 12.4. The maximum Gasteiger partial charge on any atom is 0.231 e. The lowest BCUT2D eigenvalue weighted by atomic mass is 10.0. The maximum absolute atomic E-state index is 12.4. The van der Waals surface area contributed by atoms with Crippen LogP contribution in [0.5, 0.6) is 0 Å². The number of ketones is 1. The van der Waals surface area contributed by atoms with E-state index in [-0.39, 0.29) is 5.78 Å². The molecule has 3 rings (SSSR count). The van der Waals surface area contributed by atoms with Crippen LogP contribution in [-0.2, 0) is 0 Å². The van der Waals surface area contributed by atoms with Crippen LogP contribution in [0.3, 0.4) is 0 Å². The molecule has 0 aliphatic heterocycles. The monoisotopic (exact) mass is 301 g/mol. The fraction of sp³-hybridized carbons (Fsp3) is 0. The summed E-state index contributed by atoms with van der Waals surface area (Å²) in [5.41, 5.74) is 1.23. The molecule has 18 heavy (non-hydrogen) atoms. The summed E-state index contributed by atoms with van der Waals surface area (Å²) in [5.74, 6) is 0.129. The molecule has 0 spiro atoms. The predicted octanol–water partition coefficient (Wildman–Crippen LogP) is 3.82. The first-order valence-electron chi connectivity index (χ1n) is 5.39. The number of hydrogen-bond acceptors (Lipinski definition) is 3. The third-order valence-corrected chi connectivity index (χ3v) is 3.33. The summed E-state index contributed by atoms with van der Waals surface area (Å²) in [7, 11) is 0. The van der Waals surface area contributed by atoms with Crippen LogP contribution in [-0.4, -0.2) is 10.8 Å². The number of pyridine rings is 1. The van der Waals surface area contributed by atoms with E-state index >= 15 is 0 Å². The van der Waals surface area contributed by atoms with Crippen LogP contribution in [0.4, 0.5) is 0 Å². The first-order chi connectivity index (χ1) is 8.77. The highest BCUT2D eigenvalue weighted by atomic mass is 79.9. The van der Waals surface area contributed by atoms with Crippen molar-refractivity contribution in [1.29, 1.82) is 0 Å². The molecule has 0 bridgehead atoms. The van der Waals surface area contributed by atoms with E-state index in [1.807, 2.05) is 24.3 Å². The molecule has 0 radical (unpaired) electrons. The van der Waals surface area contributed by atoms with Gasteiger partial charge in [0, 0.05) is 11.6 Å². The fourth-order valence-electron chi connectivity index (χ4n) is 1.87. The van der Waals surface area contributed by atoms with Crippen LogP contribution in [0.2, 0.25) is 0 Å². The van der Waals surface area contributed by atoms with Gasteiger partial charge in [-0.25, -0.2) is 0 Å². The minimum atomic E-state index is -0.170. The van der Waals surface area contributed by atoms with Crippen LogP contribution >= 0.6 is 15.9 Å². The van der Waals surface area contributed by atoms with Gasteiger partial charge < -0.3 is 4.42 Å². The first-order valence-corrected chi connectivity index (χ1v) is 6.18. The van der Waals surface area contributed by atoms with Crippen molar-refractivity contribution in [3.63, 3.8) is 0 Å². The van der Waals surface area contributed by atoms with Crippen LogP contribution < -0.4 is 0 Å². The van der Waals surface area contributed by atoms with E-state index in [0.29, 0.717) is 21.3 Å². The highest BCUT2D eigenvalue weighted by Crippen LogP contribution is 2.24. The van der Waals surface area contributed by atoms with E-state index in [9.17, 15) is 4.79 Å². The number of fused-ring (bicyclic) bond motifs is 1. The molecule has 0 atom stereocenters. The summed E-state index contributed by atoms with van der Waals surface area (Å²) in [4.78, 5) is 16.6. The second-order valence-corrected chi connectivity index (χ2v) is 4.66. The van der Waals surface area contributed by atoms with Gasteiger partial charge in [-0.05, 0) is 34.1 Å². The lowest BCUT2D eigenvalue weighted by molar-refractivity contribution is 0.101. The van der Waals surface area contributed by atoms with Crippen LogP contribution in [0.25, 0.3) is 10.9 Å². The predicted molar refractivity (Wildman–Crippen MR) is 71.6 cm³/mol. The lowest BCUT2D eigenvalue weighted by Gasteiger charge is -2.03. The highest BCUT2D eigenvalue weighted by Gasteiger charge is 2.18. The molecule has 0 unspecified atom stereocenters. The summed E-state index contributed by atoms with van der Waals surface area (Å²) < 4.78 is 5.86. The second kappa shape index (κ2) is 4.38. The number of rotatable bonds is 2. The summed E-state index contributed by atoms with van der Waals surface area (Å²) in [6.45, 7) is 0. The van der Waals surface area contributed by atoms with Gasteiger partial charge in [0.1, 0.15) is 0 Å². The van der Waals surface area contributed by atoms with E-state index in [1.54, 1.807) is 18.3 Å². The molecule has 4 heteroatoms. The molecular weight excluding hydrogens is 294 g/mol. The highest BCUT2D eigenvalue weighted by molar-refractivity contribution is 9.10. The van der Waals surface area contributed by atoms with Crippen molar-refractivity contribution >= 4 is 32.6 Å². The summed E-state index contributed by atoms with van der Waals surface area (Å²) >= 11 is 3.29. The quantitative estimate of drug-likeness (QED) is 0.676. The van der Waals surface area contributed by atoms with E-state index in [4.69, 9.17) is 4.42 Å². The molecule has 2 aromatic heterocycles. The molecule has 0 aliphatic rings. The zero-order valence-electron chi connectivity index (χ0n) is 9.26. The van der Waals surface area contributed by atoms with Crippen LogP contribution in [0, 0.1) is 0 Å². The molecule has 0 fully saturated rings. The average Bonchev–Trinajstić information content (AvgIpc) is 2.83. The van der Waals surface area contributed by atoms with E-state index < -0.39 is 0 Å². The molecule has 0 aliphatic carbocycles. The number of para-hydroxylation sites is 1. The molecule has 0 saturated carbocycles. The van der Waals surface area contributed by atoms with Crippen molar-refractivity contribution in [1.82, 2.24) is 4.98 Å². The number of halogens is 1. The van der Waals surface area contributed by atoms with Crippen molar-refractivity contribution in [2.24, 2.45) is 0 Å². The molecule has 0 N–H and O–H groups in total. The van der Waals surface area contributed by atoms with Crippen LogP contribution in [0.1, 0.15) is 16.1 Å². The molecule has 88 valence electrons. The zero-order valence-corrected chi connectivity index (χ0v) is 10.8. The molecule has 3 nitrogen and oxygen atoms in total. The number of carbonyl (C=O) groups is 1. The second-order valence-electron chi connectivity index (χ2n) is 3.81. The van der Waals surface area contributed by atoms with E-state index in [1.165, 1.54) is 6.26 Å². The Morgan fingerprint density at radius 1 is 1.17 bits per heavy atom. The van der Waals surface area contributed by atoms with Gasteiger partial charge >= 0.3 is 0 Å². The topological polar surface area (TPSA) is 43.1 Å². The van der Waals surface area contributed by atoms with Gasteiger partial charge in [0.15, 0.2) is 5.76 Å². The average molecular weight is 302 g/mol. The van der Waals surface area contributed by atoms with Crippen molar-refractivity contribution in [3.05, 3.63) is 64.7 Å². The Kier molecular flexibility index (Phi) is 2.72. The number of nitrogens with zero attached hydrogens (tertiary/aromatic N) is 1. The molecular formula is C14H8BrNO2. The SMILES string of the molecule is O=C(c1occc1Br)c1cccc2cccnc12. The molecule has 2 heterocycles. The minimum absolute atomic E-state index is 0.170. The Morgan fingerprint density at radius 2 is 2.00 bits per heavy atom. The Hall–Kier alpha value is -1.94. The molecule has 3 aromatic rings. The van der Waals surface area contributed by atoms with Crippen molar-refractivity contribution < 1.29 is 9.21 Å². The number of carbonyl (C=O) groups excluding carboxylic acids is 1. The number of hydrogen-bond donors (Lipinski definition) is 0. The van der Waals surface area contributed by atoms with Crippen molar-refractivity contribution in [3.8, 4) is 0 Å². The van der Waals surface area contributed by atoms with Gasteiger partial charge in [-0.1, -0.05) is 18.2 Å². The molecule has 0 amide bonds.